The number of nitrogens with zero attached hydrogens (tertiary/aromatic N) is 2. The molecule has 0 spiro atoms. The number of hydrogen-bond acceptors (Lipinski definition) is 6. The molecule has 0 fully saturated rings. The van der Waals surface area contributed by atoms with E-state index in [4.69, 9.17) is 9.47 Å². The van der Waals surface area contributed by atoms with Crippen LogP contribution in [0, 0.1) is 10.1 Å². The monoisotopic (exact) mass is 330 g/mol. The van der Waals surface area contributed by atoms with Crippen molar-refractivity contribution >= 4 is 33.0 Å². The summed E-state index contributed by atoms with van der Waals surface area (Å²) in [5.74, 6) is 0.667. The van der Waals surface area contributed by atoms with Gasteiger partial charge in [-0.05, 0) is 22.0 Å². The number of halogens is 1. The first kappa shape index (κ1) is 12.8. The maximum absolute atomic E-state index is 10.7. The van der Waals surface area contributed by atoms with E-state index in [0.717, 1.165) is 0 Å². The van der Waals surface area contributed by atoms with Crippen LogP contribution in [-0.2, 0) is 0 Å². The maximum atomic E-state index is 10.7. The third kappa shape index (κ3) is 2.77. The van der Waals surface area contributed by atoms with Gasteiger partial charge in [0.25, 0.3) is 10.9 Å². The van der Waals surface area contributed by atoms with E-state index < -0.39 is 4.92 Å². The average molecular weight is 331 g/mol. The van der Waals surface area contributed by atoms with Crippen LogP contribution in [0.1, 0.15) is 0 Å². The second-order valence-corrected chi connectivity index (χ2v) is 4.76. The number of rotatable bonds is 4. The highest BCUT2D eigenvalue weighted by Gasteiger charge is 2.14. The fourth-order valence-electron chi connectivity index (χ4n) is 1.24. The molecule has 0 atom stereocenters. The number of hydrogen-bond donors (Lipinski definition) is 0. The molecule has 0 saturated heterocycles. The Morgan fingerprint density at radius 3 is 2.78 bits per heavy atom. The van der Waals surface area contributed by atoms with Crippen LogP contribution >= 0.6 is 27.3 Å². The first-order valence-corrected chi connectivity index (χ1v) is 6.38. The van der Waals surface area contributed by atoms with E-state index in [1.165, 1.54) is 36.6 Å². The summed E-state index contributed by atoms with van der Waals surface area (Å²) in [5, 5.41) is 12.8. The molecule has 18 heavy (non-hydrogen) atoms. The SMILES string of the molecule is COc1ccc([N+](=O)[O-])cc1Oc1nc(Br)cs1. The van der Waals surface area contributed by atoms with Gasteiger partial charge in [0, 0.05) is 11.4 Å². The highest BCUT2D eigenvalue weighted by molar-refractivity contribution is 9.10. The highest BCUT2D eigenvalue weighted by Crippen LogP contribution is 2.36. The fraction of sp³-hybridized carbons (Fsp3) is 0.100. The molecular formula is C10H7BrN2O4S. The molecule has 0 N–H and O–H groups in total. The molecule has 1 heterocycles. The number of ether oxygens (including phenoxy) is 2. The lowest BCUT2D eigenvalue weighted by molar-refractivity contribution is -0.384. The zero-order valence-corrected chi connectivity index (χ0v) is 11.5. The summed E-state index contributed by atoms with van der Waals surface area (Å²) in [4.78, 5) is 14.2. The van der Waals surface area contributed by atoms with E-state index in [0.29, 0.717) is 15.5 Å². The topological polar surface area (TPSA) is 74.5 Å². The Kier molecular flexibility index (Phi) is 3.78. The summed E-state index contributed by atoms with van der Waals surface area (Å²) in [5.41, 5.74) is -0.0681. The van der Waals surface area contributed by atoms with E-state index in [2.05, 4.69) is 20.9 Å². The fourth-order valence-corrected chi connectivity index (χ4v) is 2.34. The van der Waals surface area contributed by atoms with E-state index in [-0.39, 0.29) is 11.4 Å². The van der Waals surface area contributed by atoms with Crippen molar-refractivity contribution < 1.29 is 14.4 Å². The molecule has 0 aliphatic carbocycles. The molecule has 0 amide bonds. The van der Waals surface area contributed by atoms with Crippen LogP contribution in [0.3, 0.4) is 0 Å². The van der Waals surface area contributed by atoms with Crippen molar-refractivity contribution in [3.63, 3.8) is 0 Å². The predicted octanol–water partition coefficient (Wildman–Crippen LogP) is 3.61. The minimum absolute atomic E-state index is 0.0681. The molecule has 1 aromatic carbocycles. The van der Waals surface area contributed by atoms with Gasteiger partial charge in [0.15, 0.2) is 11.5 Å². The van der Waals surface area contributed by atoms with Crippen LogP contribution in [0.2, 0.25) is 0 Å². The number of aromatic nitrogens is 1. The number of nitro benzene ring substituents is 1. The predicted molar refractivity (Wildman–Crippen MR) is 69.5 cm³/mol. The summed E-state index contributed by atoms with van der Waals surface area (Å²) in [6, 6.07) is 4.13. The van der Waals surface area contributed by atoms with Crippen molar-refractivity contribution in [1.82, 2.24) is 4.98 Å². The molecule has 0 radical (unpaired) electrons. The van der Waals surface area contributed by atoms with Crippen LogP contribution in [0.5, 0.6) is 16.7 Å². The van der Waals surface area contributed by atoms with E-state index >= 15 is 0 Å². The molecule has 6 nitrogen and oxygen atoms in total. The molecule has 0 unspecified atom stereocenters. The van der Waals surface area contributed by atoms with Gasteiger partial charge < -0.3 is 9.47 Å². The smallest absolute Gasteiger partial charge is 0.279 e. The van der Waals surface area contributed by atoms with Crippen LogP contribution in [0.25, 0.3) is 0 Å². The minimum atomic E-state index is -0.496. The van der Waals surface area contributed by atoms with Gasteiger partial charge >= 0.3 is 0 Å². The van der Waals surface area contributed by atoms with Crippen molar-refractivity contribution in [1.29, 1.82) is 0 Å². The molecule has 0 aliphatic heterocycles. The Morgan fingerprint density at radius 1 is 1.44 bits per heavy atom. The first-order chi connectivity index (χ1) is 8.60. The van der Waals surface area contributed by atoms with Gasteiger partial charge in [-0.25, -0.2) is 0 Å². The number of benzene rings is 1. The van der Waals surface area contributed by atoms with Gasteiger partial charge in [-0.15, -0.1) is 0 Å². The van der Waals surface area contributed by atoms with Crippen molar-refractivity contribution in [2.24, 2.45) is 0 Å². The van der Waals surface area contributed by atoms with Gasteiger partial charge in [-0.1, -0.05) is 11.3 Å². The second kappa shape index (κ2) is 5.32. The zero-order valence-electron chi connectivity index (χ0n) is 9.12. The zero-order chi connectivity index (χ0) is 13.1. The van der Waals surface area contributed by atoms with Gasteiger partial charge in [0.1, 0.15) is 4.60 Å². The van der Waals surface area contributed by atoms with Crippen molar-refractivity contribution in [3.05, 3.63) is 38.3 Å². The Morgan fingerprint density at radius 2 is 2.22 bits per heavy atom. The van der Waals surface area contributed by atoms with Gasteiger partial charge in [-0.2, -0.15) is 4.98 Å². The van der Waals surface area contributed by atoms with Gasteiger partial charge in [0.05, 0.1) is 18.1 Å². The van der Waals surface area contributed by atoms with E-state index in [9.17, 15) is 10.1 Å². The quantitative estimate of drug-likeness (QED) is 0.632. The van der Waals surface area contributed by atoms with Crippen LogP contribution in [0.15, 0.2) is 28.2 Å². The largest absolute Gasteiger partial charge is 0.493 e. The average Bonchev–Trinajstić information content (AvgIpc) is 2.74. The Bertz CT molecular complexity index is 587. The van der Waals surface area contributed by atoms with Crippen molar-refractivity contribution in [2.45, 2.75) is 0 Å². The number of methoxy groups -OCH3 is 1. The van der Waals surface area contributed by atoms with Gasteiger partial charge in [-0.3, -0.25) is 10.1 Å². The van der Waals surface area contributed by atoms with E-state index in [1.807, 2.05) is 0 Å². The molecule has 0 aliphatic rings. The third-order valence-electron chi connectivity index (χ3n) is 2.01. The molecule has 1 aromatic heterocycles. The second-order valence-electron chi connectivity index (χ2n) is 3.13. The molecular weight excluding hydrogens is 324 g/mol. The summed E-state index contributed by atoms with van der Waals surface area (Å²) in [6.45, 7) is 0. The standard InChI is InChI=1S/C10H7BrN2O4S/c1-16-7-3-2-6(13(14)15)4-8(7)17-10-12-9(11)5-18-10/h2-5H,1H3. The lowest BCUT2D eigenvalue weighted by Crippen LogP contribution is -1.93. The maximum Gasteiger partial charge on any atom is 0.279 e. The third-order valence-corrected chi connectivity index (χ3v) is 3.44. The number of thiazole rings is 1. The molecule has 94 valence electrons. The molecule has 8 heteroatoms. The van der Waals surface area contributed by atoms with Crippen molar-refractivity contribution in [3.8, 4) is 16.7 Å². The summed E-state index contributed by atoms with van der Waals surface area (Å²) >= 11 is 4.47. The Labute approximate surface area is 114 Å². The molecule has 0 bridgehead atoms. The number of nitro groups is 1. The summed E-state index contributed by atoms with van der Waals surface area (Å²) in [7, 11) is 1.46. The lowest BCUT2D eigenvalue weighted by atomic mass is 10.3. The molecule has 2 aromatic rings. The van der Waals surface area contributed by atoms with Crippen LogP contribution < -0.4 is 9.47 Å². The Hall–Kier alpha value is -1.67. The first-order valence-electron chi connectivity index (χ1n) is 4.71. The minimum Gasteiger partial charge on any atom is -0.493 e. The van der Waals surface area contributed by atoms with Crippen LogP contribution in [-0.4, -0.2) is 17.0 Å². The summed E-state index contributed by atoms with van der Waals surface area (Å²) < 4.78 is 11.2. The lowest BCUT2D eigenvalue weighted by Gasteiger charge is -2.07. The normalized spacial score (nSPS) is 10.1. The Balaban J connectivity index is 2.35. The van der Waals surface area contributed by atoms with E-state index in [1.54, 1.807) is 5.38 Å². The molecule has 2 rings (SSSR count). The summed E-state index contributed by atoms with van der Waals surface area (Å²) in [6.07, 6.45) is 0. The van der Waals surface area contributed by atoms with Gasteiger partial charge in [0.2, 0.25) is 0 Å². The van der Waals surface area contributed by atoms with Crippen LogP contribution in [0.4, 0.5) is 5.69 Å². The highest BCUT2D eigenvalue weighted by atomic mass is 79.9. The number of non-ortho nitro benzene ring substituents is 1. The van der Waals surface area contributed by atoms with Crippen molar-refractivity contribution in [2.75, 3.05) is 7.11 Å². The molecule has 0 saturated carbocycles.